The summed E-state index contributed by atoms with van der Waals surface area (Å²) in [4.78, 5) is 27.8. The van der Waals surface area contributed by atoms with Crippen molar-refractivity contribution in [2.75, 3.05) is 18.0 Å². The largest absolute Gasteiger partial charge is 0.350 e. The summed E-state index contributed by atoms with van der Waals surface area (Å²) >= 11 is 0. The molecule has 0 saturated carbocycles. The smallest absolute Gasteiger partial charge is 0.255 e. The number of anilines is 1. The lowest BCUT2D eigenvalue weighted by Crippen LogP contribution is -2.33. The number of nitrogens with zero attached hydrogens (tertiary/aromatic N) is 6. The van der Waals surface area contributed by atoms with Crippen molar-refractivity contribution < 1.29 is 9.18 Å². The third-order valence-corrected chi connectivity index (χ3v) is 5.22. The van der Waals surface area contributed by atoms with E-state index in [2.05, 4.69) is 25.4 Å². The Hall–Kier alpha value is -3.88. The molecule has 1 aliphatic rings. The summed E-state index contributed by atoms with van der Waals surface area (Å²) in [5, 5.41) is 7.07. The number of aromatic nitrogens is 5. The van der Waals surface area contributed by atoms with Crippen LogP contribution in [0.2, 0.25) is 0 Å². The molecule has 0 fully saturated rings. The van der Waals surface area contributed by atoms with Crippen molar-refractivity contribution in [3.63, 3.8) is 0 Å². The summed E-state index contributed by atoms with van der Waals surface area (Å²) in [7, 11) is 0. The molecular weight excluding hydrogens is 385 g/mol. The molecule has 150 valence electrons. The predicted octanol–water partition coefficient (Wildman–Crippen LogP) is 2.66. The zero-order valence-corrected chi connectivity index (χ0v) is 16.2. The molecule has 4 aromatic heterocycles. The molecule has 0 aliphatic carbocycles. The first-order valence-corrected chi connectivity index (χ1v) is 9.59. The zero-order valence-electron chi connectivity index (χ0n) is 16.2. The zero-order chi connectivity index (χ0) is 20.7. The van der Waals surface area contributed by atoms with Crippen LogP contribution in [-0.4, -0.2) is 43.7 Å². The van der Waals surface area contributed by atoms with Gasteiger partial charge in [0.1, 0.15) is 11.3 Å². The SMILES string of the molecule is CC(c1ccccn1)N1CCNC(=O)c2cc(F)c(-n3ncc4ncccc43)nc21. The second kappa shape index (κ2) is 7.18. The van der Waals surface area contributed by atoms with E-state index in [1.807, 2.05) is 30.0 Å². The summed E-state index contributed by atoms with van der Waals surface area (Å²) < 4.78 is 16.5. The average molecular weight is 403 g/mol. The van der Waals surface area contributed by atoms with Gasteiger partial charge in [0.2, 0.25) is 0 Å². The van der Waals surface area contributed by atoms with Crippen molar-refractivity contribution in [3.8, 4) is 5.82 Å². The first-order valence-electron chi connectivity index (χ1n) is 9.59. The number of carbonyl (C=O) groups is 1. The molecular formula is C21H18FN7O. The Morgan fingerprint density at radius 1 is 1.13 bits per heavy atom. The molecule has 5 heterocycles. The fourth-order valence-corrected chi connectivity index (χ4v) is 3.69. The second-order valence-electron chi connectivity index (χ2n) is 7.01. The maximum absolute atomic E-state index is 15.1. The van der Waals surface area contributed by atoms with Gasteiger partial charge in [-0.1, -0.05) is 6.07 Å². The summed E-state index contributed by atoms with van der Waals surface area (Å²) in [5.74, 6) is -0.576. The van der Waals surface area contributed by atoms with Gasteiger partial charge in [-0.15, -0.1) is 0 Å². The summed E-state index contributed by atoms with van der Waals surface area (Å²) in [6.07, 6.45) is 4.93. The third-order valence-electron chi connectivity index (χ3n) is 5.22. The number of hydrogen-bond donors (Lipinski definition) is 1. The van der Waals surface area contributed by atoms with Crippen LogP contribution in [0.25, 0.3) is 16.9 Å². The highest BCUT2D eigenvalue weighted by molar-refractivity contribution is 6.00. The van der Waals surface area contributed by atoms with Gasteiger partial charge in [-0.05, 0) is 37.3 Å². The minimum Gasteiger partial charge on any atom is -0.350 e. The van der Waals surface area contributed by atoms with Gasteiger partial charge in [-0.2, -0.15) is 5.10 Å². The molecule has 30 heavy (non-hydrogen) atoms. The van der Waals surface area contributed by atoms with Crippen molar-refractivity contribution >= 4 is 22.8 Å². The molecule has 0 aromatic carbocycles. The predicted molar refractivity (Wildman–Crippen MR) is 109 cm³/mol. The number of amides is 1. The number of carbonyl (C=O) groups excluding carboxylic acids is 1. The van der Waals surface area contributed by atoms with Gasteiger partial charge in [0.25, 0.3) is 5.91 Å². The van der Waals surface area contributed by atoms with Crippen LogP contribution in [0.4, 0.5) is 10.2 Å². The monoisotopic (exact) mass is 403 g/mol. The van der Waals surface area contributed by atoms with Crippen LogP contribution < -0.4 is 10.2 Å². The maximum Gasteiger partial charge on any atom is 0.255 e. The highest BCUT2D eigenvalue weighted by Gasteiger charge is 2.29. The van der Waals surface area contributed by atoms with Gasteiger partial charge in [0.15, 0.2) is 11.6 Å². The minimum absolute atomic E-state index is 0.0182. The quantitative estimate of drug-likeness (QED) is 0.566. The molecule has 1 unspecified atom stereocenters. The highest BCUT2D eigenvalue weighted by Crippen LogP contribution is 2.31. The van der Waals surface area contributed by atoms with Gasteiger partial charge in [0.05, 0.1) is 29.0 Å². The Morgan fingerprint density at radius 3 is 2.83 bits per heavy atom. The molecule has 0 saturated heterocycles. The fraction of sp³-hybridized carbons (Fsp3) is 0.190. The molecule has 0 bridgehead atoms. The number of nitrogens with one attached hydrogen (secondary N) is 1. The van der Waals surface area contributed by atoms with Crippen LogP contribution in [0.1, 0.15) is 29.0 Å². The van der Waals surface area contributed by atoms with Crippen LogP contribution in [-0.2, 0) is 0 Å². The summed E-state index contributed by atoms with van der Waals surface area (Å²) in [6.45, 7) is 2.91. The van der Waals surface area contributed by atoms with E-state index in [0.717, 1.165) is 5.69 Å². The van der Waals surface area contributed by atoms with Crippen molar-refractivity contribution in [1.82, 2.24) is 30.0 Å². The van der Waals surface area contributed by atoms with Gasteiger partial charge < -0.3 is 10.2 Å². The van der Waals surface area contributed by atoms with E-state index in [4.69, 9.17) is 0 Å². The van der Waals surface area contributed by atoms with Crippen LogP contribution in [0.15, 0.2) is 55.0 Å². The van der Waals surface area contributed by atoms with Gasteiger partial charge in [0, 0.05) is 25.5 Å². The van der Waals surface area contributed by atoms with E-state index in [-0.39, 0.29) is 23.3 Å². The van der Waals surface area contributed by atoms with Crippen molar-refractivity contribution in [3.05, 3.63) is 72.1 Å². The molecule has 1 amide bonds. The molecule has 1 aliphatic heterocycles. The first-order chi connectivity index (χ1) is 14.6. The molecule has 4 aromatic rings. The van der Waals surface area contributed by atoms with Crippen LogP contribution >= 0.6 is 0 Å². The van der Waals surface area contributed by atoms with E-state index >= 15 is 4.39 Å². The van der Waals surface area contributed by atoms with Crippen molar-refractivity contribution in [1.29, 1.82) is 0 Å². The van der Waals surface area contributed by atoms with Gasteiger partial charge in [-0.25, -0.2) is 14.1 Å². The Bertz CT molecular complexity index is 1240. The van der Waals surface area contributed by atoms with E-state index in [1.165, 1.54) is 10.7 Å². The average Bonchev–Trinajstić information content (AvgIpc) is 3.14. The molecule has 1 N–H and O–H groups in total. The fourth-order valence-electron chi connectivity index (χ4n) is 3.69. The Kier molecular flexibility index (Phi) is 4.35. The normalized spacial score (nSPS) is 14.9. The van der Waals surface area contributed by atoms with Crippen molar-refractivity contribution in [2.24, 2.45) is 0 Å². The summed E-state index contributed by atoms with van der Waals surface area (Å²) in [5.41, 5.74) is 2.28. The molecule has 0 radical (unpaired) electrons. The number of pyridine rings is 3. The molecule has 1 atom stereocenters. The number of rotatable bonds is 3. The topological polar surface area (TPSA) is 88.8 Å². The molecule has 5 rings (SSSR count). The van der Waals surface area contributed by atoms with Crippen LogP contribution in [0, 0.1) is 5.82 Å². The summed E-state index contributed by atoms with van der Waals surface area (Å²) in [6, 6.07) is 10.3. The third kappa shape index (κ3) is 2.95. The van der Waals surface area contributed by atoms with Crippen molar-refractivity contribution in [2.45, 2.75) is 13.0 Å². The van der Waals surface area contributed by atoms with E-state index in [0.29, 0.717) is 29.9 Å². The van der Waals surface area contributed by atoms with E-state index in [1.54, 1.807) is 30.7 Å². The lowest BCUT2D eigenvalue weighted by Gasteiger charge is -2.29. The second-order valence-corrected chi connectivity index (χ2v) is 7.01. The highest BCUT2D eigenvalue weighted by atomic mass is 19.1. The lowest BCUT2D eigenvalue weighted by atomic mass is 10.1. The Labute approximate surface area is 171 Å². The molecule has 0 spiro atoms. The Morgan fingerprint density at radius 2 is 2.00 bits per heavy atom. The van der Waals surface area contributed by atoms with Crippen LogP contribution in [0.5, 0.6) is 0 Å². The number of halogens is 1. The van der Waals surface area contributed by atoms with Crippen LogP contribution in [0.3, 0.4) is 0 Å². The molecule has 8 nitrogen and oxygen atoms in total. The lowest BCUT2D eigenvalue weighted by molar-refractivity contribution is 0.0957. The maximum atomic E-state index is 15.1. The number of fused-ring (bicyclic) bond motifs is 2. The van der Waals surface area contributed by atoms with E-state index < -0.39 is 5.82 Å². The Balaban J connectivity index is 1.68. The standard InChI is InChI=1S/C21H18FN7O/c1-13(16-5-2-3-7-23-16)28-10-9-25-21(30)14-11-15(22)20(27-19(14)28)29-18-6-4-8-24-17(18)12-26-29/h2-8,11-13H,9-10H2,1H3,(H,25,30). The molecule has 9 heteroatoms. The van der Waals surface area contributed by atoms with E-state index in [9.17, 15) is 4.79 Å². The van der Waals surface area contributed by atoms with Gasteiger partial charge >= 0.3 is 0 Å². The minimum atomic E-state index is -0.634. The number of hydrogen-bond acceptors (Lipinski definition) is 6. The first kappa shape index (κ1) is 18.2. The van der Waals surface area contributed by atoms with Gasteiger partial charge in [-0.3, -0.25) is 14.8 Å².